The number of nitrogens with zero attached hydrogens (tertiary/aromatic N) is 3. The van der Waals surface area contributed by atoms with Crippen LogP contribution < -0.4 is 10.6 Å². The maximum absolute atomic E-state index is 15.6. The molecule has 2 aromatic rings. The van der Waals surface area contributed by atoms with Gasteiger partial charge in [-0.05, 0) is 55.4 Å². The van der Waals surface area contributed by atoms with Crippen molar-refractivity contribution in [3.63, 3.8) is 0 Å². The van der Waals surface area contributed by atoms with E-state index in [1.165, 1.54) is 25.3 Å². The number of hydrogen-bond donors (Lipinski definition) is 3. The second kappa shape index (κ2) is 17.1. The predicted molar refractivity (Wildman–Crippen MR) is 169 cm³/mol. The largest absolute Gasteiger partial charge is 0.395 e. The Kier molecular flexibility index (Phi) is 13.2. The fourth-order valence-corrected chi connectivity index (χ4v) is 7.40. The molecule has 47 heavy (non-hydrogen) atoms. The van der Waals surface area contributed by atoms with Crippen molar-refractivity contribution in [2.75, 3.05) is 18.5 Å². The maximum atomic E-state index is 15.6. The van der Waals surface area contributed by atoms with Crippen LogP contribution in [-0.4, -0.2) is 69.4 Å². The summed E-state index contributed by atoms with van der Waals surface area (Å²) >= 11 is 0. The topological polar surface area (TPSA) is 117 Å². The van der Waals surface area contributed by atoms with Gasteiger partial charge in [0.2, 0.25) is 18.1 Å². The number of hydrogen-bond acceptors (Lipinski definition) is 5. The number of aryl methyl sites for hydroxylation is 1. The summed E-state index contributed by atoms with van der Waals surface area (Å²) in [6.45, 7) is 2.27. The summed E-state index contributed by atoms with van der Waals surface area (Å²) < 4.78 is 57.3. The molecule has 3 atom stereocenters. The van der Waals surface area contributed by atoms with E-state index in [1.807, 2.05) is 6.92 Å². The molecule has 1 aromatic heterocycles. The number of carbonyl (C=O) groups excluding carboxylic acids is 3. The van der Waals surface area contributed by atoms with E-state index in [0.29, 0.717) is 12.2 Å². The Morgan fingerprint density at radius 3 is 2.15 bits per heavy atom. The molecule has 1 heterocycles. The predicted octanol–water partition coefficient (Wildman–Crippen LogP) is 6.04. The first-order chi connectivity index (χ1) is 22.6. The number of alkyl halides is 3. The third kappa shape index (κ3) is 8.91. The first-order valence-electron chi connectivity index (χ1n) is 16.8. The minimum Gasteiger partial charge on any atom is -0.395 e. The highest BCUT2D eigenvalue weighted by Crippen LogP contribution is 2.42. The van der Waals surface area contributed by atoms with Crippen LogP contribution in [0.4, 0.5) is 23.2 Å². The van der Waals surface area contributed by atoms with Crippen molar-refractivity contribution in [3.05, 3.63) is 47.5 Å². The summed E-state index contributed by atoms with van der Waals surface area (Å²) in [4.78, 5) is 40.9. The number of amides is 3. The van der Waals surface area contributed by atoms with Gasteiger partial charge in [-0.1, -0.05) is 70.3 Å². The molecule has 0 bridgehead atoms. The zero-order valence-electron chi connectivity index (χ0n) is 27.1. The van der Waals surface area contributed by atoms with Crippen molar-refractivity contribution in [3.8, 4) is 0 Å². The van der Waals surface area contributed by atoms with Gasteiger partial charge in [0.15, 0.2) is 0 Å². The van der Waals surface area contributed by atoms with Crippen molar-refractivity contribution < 1.29 is 37.1 Å². The molecule has 1 aromatic carbocycles. The standard InChI is InChI=1S/C34H47F4N5O4/c1-3-43-27(16-17-39-43)32(45)41-29(28(22-10-6-4-7-11-22)23-12-8-5-9-13-23)33(46)40-26-15-14-24(20-25(26)35)21(2)34(47)42(18-19-44)31(38)30(36)37/h14-17,20-23,28-31,44H,3-13,18-19H2,1-2H3,(H,40,46)(H,41,45). The van der Waals surface area contributed by atoms with Gasteiger partial charge in [0.25, 0.3) is 12.3 Å². The number of halogens is 4. The van der Waals surface area contributed by atoms with Crippen LogP contribution in [0.3, 0.4) is 0 Å². The second-order valence-electron chi connectivity index (χ2n) is 12.8. The van der Waals surface area contributed by atoms with Gasteiger partial charge in [0, 0.05) is 19.3 Å². The molecule has 2 aliphatic rings. The fraction of sp³-hybridized carbons (Fsp3) is 0.647. The Bertz CT molecular complexity index is 1330. The molecule has 3 N–H and O–H groups in total. The van der Waals surface area contributed by atoms with Gasteiger partial charge in [0.05, 0.1) is 18.2 Å². The molecule has 3 unspecified atom stereocenters. The van der Waals surface area contributed by atoms with Gasteiger partial charge >= 0.3 is 0 Å². The SMILES string of the molecule is CCn1nccc1C(=O)NC(C(=O)Nc1ccc(C(C)C(=O)N(CCO)C(F)C(F)F)cc1F)C(C1CCCCC1)C1CCCCC1. The van der Waals surface area contributed by atoms with Crippen LogP contribution in [-0.2, 0) is 16.1 Å². The minimum atomic E-state index is -3.48. The fourth-order valence-electron chi connectivity index (χ4n) is 7.40. The van der Waals surface area contributed by atoms with E-state index >= 15 is 4.39 Å². The highest BCUT2D eigenvalue weighted by atomic mass is 19.3. The smallest absolute Gasteiger partial charge is 0.287 e. The number of rotatable bonds is 14. The Balaban J connectivity index is 1.61. The molecule has 9 nitrogen and oxygen atoms in total. The van der Waals surface area contributed by atoms with Crippen molar-refractivity contribution in [2.45, 2.75) is 109 Å². The molecule has 2 aliphatic carbocycles. The first kappa shape index (κ1) is 36.4. The first-order valence-corrected chi connectivity index (χ1v) is 16.8. The number of aliphatic hydroxyl groups is 1. The van der Waals surface area contributed by atoms with E-state index in [0.717, 1.165) is 70.3 Å². The zero-order valence-corrected chi connectivity index (χ0v) is 27.1. The Hall–Kier alpha value is -3.48. The average molecular weight is 666 g/mol. The minimum absolute atomic E-state index is 0.0786. The lowest BCUT2D eigenvalue weighted by molar-refractivity contribution is -0.146. The van der Waals surface area contributed by atoms with Crippen LogP contribution in [0.2, 0.25) is 0 Å². The lowest BCUT2D eigenvalue weighted by Gasteiger charge is -2.42. The van der Waals surface area contributed by atoms with Crippen LogP contribution in [0.5, 0.6) is 0 Å². The van der Waals surface area contributed by atoms with Crippen LogP contribution >= 0.6 is 0 Å². The maximum Gasteiger partial charge on any atom is 0.287 e. The lowest BCUT2D eigenvalue weighted by atomic mass is 9.66. The van der Waals surface area contributed by atoms with E-state index in [9.17, 15) is 32.7 Å². The van der Waals surface area contributed by atoms with E-state index in [2.05, 4.69) is 15.7 Å². The summed E-state index contributed by atoms with van der Waals surface area (Å²) in [6, 6.07) is 4.28. The average Bonchev–Trinajstić information content (AvgIpc) is 3.57. The number of benzene rings is 1. The quantitative estimate of drug-likeness (QED) is 0.168. The van der Waals surface area contributed by atoms with Crippen molar-refractivity contribution in [1.82, 2.24) is 20.0 Å². The third-order valence-corrected chi connectivity index (χ3v) is 9.84. The van der Waals surface area contributed by atoms with Crippen LogP contribution in [0, 0.1) is 23.6 Å². The molecule has 2 saturated carbocycles. The van der Waals surface area contributed by atoms with Crippen LogP contribution in [0.15, 0.2) is 30.5 Å². The molecular formula is C34H47F4N5O4. The molecule has 2 fully saturated rings. The molecule has 13 heteroatoms. The van der Waals surface area contributed by atoms with E-state index in [1.54, 1.807) is 10.7 Å². The van der Waals surface area contributed by atoms with E-state index < -0.39 is 61.4 Å². The van der Waals surface area contributed by atoms with Crippen molar-refractivity contribution in [2.24, 2.45) is 17.8 Å². The number of anilines is 1. The Morgan fingerprint density at radius 1 is 1.00 bits per heavy atom. The van der Waals surface area contributed by atoms with Crippen LogP contribution in [0.25, 0.3) is 0 Å². The van der Waals surface area contributed by atoms with Gasteiger partial charge in [0.1, 0.15) is 17.6 Å². The van der Waals surface area contributed by atoms with Crippen molar-refractivity contribution >= 4 is 23.4 Å². The van der Waals surface area contributed by atoms with Gasteiger partial charge in [-0.15, -0.1) is 0 Å². The molecule has 3 amide bonds. The number of aliphatic hydroxyl groups excluding tert-OH is 1. The van der Waals surface area contributed by atoms with Crippen LogP contribution in [0.1, 0.15) is 100 Å². The highest BCUT2D eigenvalue weighted by molar-refractivity contribution is 6.01. The Labute approximate surface area is 273 Å². The molecular weight excluding hydrogens is 618 g/mol. The molecule has 0 aliphatic heterocycles. The van der Waals surface area contributed by atoms with Gasteiger partial charge in [-0.2, -0.15) is 5.10 Å². The second-order valence-corrected chi connectivity index (χ2v) is 12.8. The molecule has 4 rings (SSSR count). The number of carbonyl (C=O) groups is 3. The zero-order chi connectivity index (χ0) is 34.1. The third-order valence-electron chi connectivity index (χ3n) is 9.84. The summed E-state index contributed by atoms with van der Waals surface area (Å²) in [5, 5.41) is 19.1. The summed E-state index contributed by atoms with van der Waals surface area (Å²) in [5.74, 6) is -3.85. The van der Waals surface area contributed by atoms with E-state index in [-0.39, 0.29) is 33.9 Å². The van der Waals surface area contributed by atoms with E-state index in [4.69, 9.17) is 0 Å². The van der Waals surface area contributed by atoms with Gasteiger partial charge < -0.3 is 20.6 Å². The Morgan fingerprint density at radius 2 is 1.62 bits per heavy atom. The van der Waals surface area contributed by atoms with Gasteiger partial charge in [-0.25, -0.2) is 17.6 Å². The number of nitrogens with one attached hydrogen (secondary N) is 2. The monoisotopic (exact) mass is 665 g/mol. The molecule has 0 spiro atoms. The molecule has 0 radical (unpaired) electrons. The lowest BCUT2D eigenvalue weighted by Crippen LogP contribution is -2.53. The van der Waals surface area contributed by atoms with Gasteiger partial charge in [-0.3, -0.25) is 19.1 Å². The normalized spacial score (nSPS) is 18.1. The molecule has 0 saturated heterocycles. The summed E-state index contributed by atoms with van der Waals surface area (Å²) in [6.07, 6.45) is 5.33. The van der Waals surface area contributed by atoms with Crippen molar-refractivity contribution in [1.29, 1.82) is 0 Å². The number of aromatic nitrogens is 2. The molecule has 260 valence electrons. The summed E-state index contributed by atoms with van der Waals surface area (Å²) in [7, 11) is 0. The summed E-state index contributed by atoms with van der Waals surface area (Å²) in [5.41, 5.74) is 0.225. The highest BCUT2D eigenvalue weighted by Gasteiger charge is 2.42.